The van der Waals surface area contributed by atoms with Crippen molar-refractivity contribution in [2.45, 2.75) is 26.2 Å². The molecule has 0 unspecified atom stereocenters. The molecule has 0 aromatic heterocycles. The SMILES string of the molecule is Cc1ccc(Cl)cc1N1CC[C@H](CNC(=O)[C@@H]2CCC(=O)NC2)C1. The molecule has 2 N–H and O–H groups in total. The molecule has 0 radical (unpaired) electrons. The highest BCUT2D eigenvalue weighted by Gasteiger charge is 2.27. The largest absolute Gasteiger partial charge is 0.371 e. The molecule has 2 heterocycles. The Morgan fingerprint density at radius 2 is 2.25 bits per heavy atom. The molecule has 0 saturated carbocycles. The first-order valence-corrected chi connectivity index (χ1v) is 8.96. The smallest absolute Gasteiger partial charge is 0.224 e. The molecule has 2 atom stereocenters. The second-order valence-electron chi connectivity index (χ2n) is 6.82. The fourth-order valence-electron chi connectivity index (χ4n) is 3.49. The summed E-state index contributed by atoms with van der Waals surface area (Å²) in [5.74, 6) is 0.468. The van der Waals surface area contributed by atoms with Gasteiger partial charge in [0.05, 0.1) is 5.92 Å². The predicted octanol–water partition coefficient (Wildman–Crippen LogP) is 2.12. The Morgan fingerprint density at radius 3 is 3.00 bits per heavy atom. The zero-order chi connectivity index (χ0) is 17.1. The second kappa shape index (κ2) is 7.43. The fourth-order valence-corrected chi connectivity index (χ4v) is 3.65. The number of aryl methyl sites for hydroxylation is 1. The average Bonchev–Trinajstić information content (AvgIpc) is 3.04. The van der Waals surface area contributed by atoms with Gasteiger partial charge in [0.1, 0.15) is 0 Å². The number of rotatable bonds is 4. The van der Waals surface area contributed by atoms with Crippen molar-refractivity contribution >= 4 is 29.1 Å². The predicted molar refractivity (Wildman–Crippen MR) is 95.3 cm³/mol. The van der Waals surface area contributed by atoms with Crippen LogP contribution in [0.1, 0.15) is 24.8 Å². The summed E-state index contributed by atoms with van der Waals surface area (Å²) >= 11 is 6.12. The van der Waals surface area contributed by atoms with Crippen molar-refractivity contribution in [3.05, 3.63) is 28.8 Å². The Bertz CT molecular complexity index is 625. The zero-order valence-corrected chi connectivity index (χ0v) is 14.7. The number of piperidine rings is 1. The van der Waals surface area contributed by atoms with E-state index in [1.165, 1.54) is 11.3 Å². The van der Waals surface area contributed by atoms with Crippen LogP contribution >= 0.6 is 11.6 Å². The molecule has 2 amide bonds. The molecule has 0 spiro atoms. The van der Waals surface area contributed by atoms with Crippen LogP contribution in [-0.2, 0) is 9.59 Å². The first-order valence-electron chi connectivity index (χ1n) is 8.58. The second-order valence-corrected chi connectivity index (χ2v) is 7.25. The Hall–Kier alpha value is -1.75. The molecule has 0 aliphatic carbocycles. The van der Waals surface area contributed by atoms with Gasteiger partial charge in [-0.15, -0.1) is 0 Å². The van der Waals surface area contributed by atoms with Crippen LogP contribution in [0.3, 0.4) is 0 Å². The summed E-state index contributed by atoms with van der Waals surface area (Å²) in [7, 11) is 0. The number of hydrogen-bond acceptors (Lipinski definition) is 3. The van der Waals surface area contributed by atoms with Crippen LogP contribution < -0.4 is 15.5 Å². The van der Waals surface area contributed by atoms with Gasteiger partial charge in [-0.1, -0.05) is 17.7 Å². The number of anilines is 1. The van der Waals surface area contributed by atoms with Crippen LogP contribution in [0.25, 0.3) is 0 Å². The third-order valence-corrected chi connectivity index (χ3v) is 5.23. The number of hydrogen-bond donors (Lipinski definition) is 2. The van der Waals surface area contributed by atoms with Gasteiger partial charge in [0.25, 0.3) is 0 Å². The Morgan fingerprint density at radius 1 is 1.42 bits per heavy atom. The van der Waals surface area contributed by atoms with E-state index in [9.17, 15) is 9.59 Å². The quantitative estimate of drug-likeness (QED) is 0.875. The molecule has 2 aliphatic rings. The van der Waals surface area contributed by atoms with Crippen LogP contribution in [0.4, 0.5) is 5.69 Å². The van der Waals surface area contributed by atoms with Crippen molar-refractivity contribution in [1.29, 1.82) is 0 Å². The molecular formula is C18H24ClN3O2. The van der Waals surface area contributed by atoms with Crippen molar-refractivity contribution < 1.29 is 9.59 Å². The molecular weight excluding hydrogens is 326 g/mol. The highest BCUT2D eigenvalue weighted by atomic mass is 35.5. The molecule has 0 bridgehead atoms. The van der Waals surface area contributed by atoms with E-state index in [-0.39, 0.29) is 17.7 Å². The summed E-state index contributed by atoms with van der Waals surface area (Å²) in [4.78, 5) is 25.7. The lowest BCUT2D eigenvalue weighted by atomic mass is 9.98. The van der Waals surface area contributed by atoms with Gasteiger partial charge in [-0.3, -0.25) is 9.59 Å². The summed E-state index contributed by atoms with van der Waals surface area (Å²) < 4.78 is 0. The van der Waals surface area contributed by atoms with Gasteiger partial charge in [0, 0.05) is 43.3 Å². The van der Waals surface area contributed by atoms with E-state index in [1.54, 1.807) is 0 Å². The van der Waals surface area contributed by atoms with E-state index < -0.39 is 0 Å². The van der Waals surface area contributed by atoms with Crippen LogP contribution in [0, 0.1) is 18.8 Å². The van der Waals surface area contributed by atoms with E-state index in [1.807, 2.05) is 18.2 Å². The first kappa shape index (κ1) is 17.1. The summed E-state index contributed by atoms with van der Waals surface area (Å²) in [6.45, 7) is 5.17. The van der Waals surface area contributed by atoms with Crippen molar-refractivity contribution in [3.63, 3.8) is 0 Å². The Kier molecular flexibility index (Phi) is 5.29. The molecule has 1 aromatic rings. The standard InChI is InChI=1S/C18H24ClN3O2/c1-12-2-4-15(19)8-16(12)22-7-6-13(11-22)9-21-18(24)14-3-5-17(23)20-10-14/h2,4,8,13-14H,3,5-7,9-11H2,1H3,(H,20,23)(H,21,24)/t13-,14-/m1/s1. The third kappa shape index (κ3) is 4.01. The van der Waals surface area contributed by atoms with Gasteiger partial charge < -0.3 is 15.5 Å². The number of amides is 2. The molecule has 3 rings (SSSR count). The number of nitrogens with one attached hydrogen (secondary N) is 2. The number of halogens is 1. The maximum absolute atomic E-state index is 12.2. The maximum atomic E-state index is 12.2. The van der Waals surface area contributed by atoms with Crippen LogP contribution in [0.2, 0.25) is 5.02 Å². The van der Waals surface area contributed by atoms with Crippen molar-refractivity contribution in [3.8, 4) is 0 Å². The van der Waals surface area contributed by atoms with Gasteiger partial charge in [0.15, 0.2) is 0 Å². The lowest BCUT2D eigenvalue weighted by Gasteiger charge is -2.23. The minimum Gasteiger partial charge on any atom is -0.371 e. The van der Waals surface area contributed by atoms with Crippen LogP contribution in [0.15, 0.2) is 18.2 Å². The molecule has 1 aromatic carbocycles. The van der Waals surface area contributed by atoms with Crippen molar-refractivity contribution in [2.75, 3.05) is 31.1 Å². The minimum absolute atomic E-state index is 0.0439. The number of nitrogens with zero attached hydrogens (tertiary/aromatic N) is 1. The minimum atomic E-state index is -0.0876. The molecule has 130 valence electrons. The van der Waals surface area contributed by atoms with E-state index in [0.29, 0.717) is 31.8 Å². The van der Waals surface area contributed by atoms with Crippen molar-refractivity contribution in [2.24, 2.45) is 11.8 Å². The number of carbonyl (C=O) groups excluding carboxylic acids is 2. The van der Waals surface area contributed by atoms with Gasteiger partial charge in [-0.25, -0.2) is 0 Å². The summed E-state index contributed by atoms with van der Waals surface area (Å²) in [5, 5.41) is 6.58. The molecule has 2 saturated heterocycles. The Balaban J connectivity index is 1.49. The molecule has 2 fully saturated rings. The van der Waals surface area contributed by atoms with Crippen LogP contribution in [0.5, 0.6) is 0 Å². The van der Waals surface area contributed by atoms with Gasteiger partial charge in [-0.2, -0.15) is 0 Å². The topological polar surface area (TPSA) is 61.4 Å². The first-order chi connectivity index (χ1) is 11.5. The Labute approximate surface area is 147 Å². The normalized spacial score (nSPS) is 23.9. The molecule has 24 heavy (non-hydrogen) atoms. The average molecular weight is 350 g/mol. The van der Waals surface area contributed by atoms with E-state index in [2.05, 4.69) is 22.5 Å². The maximum Gasteiger partial charge on any atom is 0.224 e. The number of carbonyl (C=O) groups is 2. The lowest BCUT2D eigenvalue weighted by Crippen LogP contribution is -2.44. The fraction of sp³-hybridized carbons (Fsp3) is 0.556. The third-order valence-electron chi connectivity index (χ3n) is 5.00. The van der Waals surface area contributed by atoms with Gasteiger partial charge in [0.2, 0.25) is 11.8 Å². The zero-order valence-electron chi connectivity index (χ0n) is 14.0. The summed E-state index contributed by atoms with van der Waals surface area (Å²) in [6.07, 6.45) is 2.16. The van der Waals surface area contributed by atoms with Gasteiger partial charge in [-0.05, 0) is 43.4 Å². The van der Waals surface area contributed by atoms with Crippen LogP contribution in [-0.4, -0.2) is 38.0 Å². The van der Waals surface area contributed by atoms with Crippen molar-refractivity contribution in [1.82, 2.24) is 10.6 Å². The number of benzene rings is 1. The molecule has 2 aliphatic heterocycles. The highest BCUT2D eigenvalue weighted by molar-refractivity contribution is 6.30. The highest BCUT2D eigenvalue weighted by Crippen LogP contribution is 2.29. The van der Waals surface area contributed by atoms with E-state index >= 15 is 0 Å². The molecule has 6 heteroatoms. The van der Waals surface area contributed by atoms with Gasteiger partial charge >= 0.3 is 0 Å². The summed E-state index contributed by atoms with van der Waals surface area (Å²) in [6, 6.07) is 5.98. The van der Waals surface area contributed by atoms with E-state index in [4.69, 9.17) is 11.6 Å². The summed E-state index contributed by atoms with van der Waals surface area (Å²) in [5.41, 5.74) is 2.41. The van der Waals surface area contributed by atoms with E-state index in [0.717, 1.165) is 24.5 Å². The monoisotopic (exact) mass is 349 g/mol. The lowest BCUT2D eigenvalue weighted by molar-refractivity contribution is -0.129. The molecule has 5 nitrogen and oxygen atoms in total.